The smallest absolute Gasteiger partial charge is 0.348 e. The molecule has 0 unspecified atom stereocenters. The summed E-state index contributed by atoms with van der Waals surface area (Å²) in [5.74, 6) is -1.07. The average Bonchev–Trinajstić information content (AvgIpc) is 2.64. The number of anilines is 1. The monoisotopic (exact) mass is 279 g/mol. The van der Waals surface area contributed by atoms with Crippen LogP contribution in [0.15, 0.2) is 4.90 Å². The van der Waals surface area contributed by atoms with Crippen molar-refractivity contribution < 1.29 is 9.90 Å². The first-order valence-corrected chi connectivity index (χ1v) is 6.95. The second-order valence-corrected chi connectivity index (χ2v) is 5.36. The van der Waals surface area contributed by atoms with Crippen molar-refractivity contribution in [3.63, 3.8) is 0 Å². The Balaban J connectivity index is 2.97. The van der Waals surface area contributed by atoms with E-state index in [4.69, 9.17) is 16.1 Å². The van der Waals surface area contributed by atoms with Gasteiger partial charge in [-0.25, -0.2) is 9.78 Å². The maximum atomic E-state index is 11.1. The first-order chi connectivity index (χ1) is 8.51. The third kappa shape index (κ3) is 1.70. The molecular weight excluding hydrogens is 270 g/mol. The van der Waals surface area contributed by atoms with Crippen LogP contribution in [0.5, 0.6) is 0 Å². The molecule has 0 aliphatic carbocycles. The molecular formula is C11H9N3O2S2. The Hall–Kier alpha value is -1.78. The summed E-state index contributed by atoms with van der Waals surface area (Å²) in [6, 6.07) is 2.09. The highest BCUT2D eigenvalue weighted by Gasteiger charge is 2.22. The summed E-state index contributed by atoms with van der Waals surface area (Å²) >= 11 is 2.41. The van der Waals surface area contributed by atoms with Gasteiger partial charge in [0.15, 0.2) is 0 Å². The standard InChI is InChI=1S/C11H9N3O2S2/c1-4-5(3-12)8(17-2)6-7(13)9(11(15)16)18-10(6)14-4/h13H2,1-2H3,(H,15,16). The van der Waals surface area contributed by atoms with Crippen molar-refractivity contribution in [3.05, 3.63) is 16.1 Å². The molecule has 0 aliphatic heterocycles. The topological polar surface area (TPSA) is 100 Å². The summed E-state index contributed by atoms with van der Waals surface area (Å²) in [5.41, 5.74) is 7.09. The molecule has 0 saturated carbocycles. The fourth-order valence-electron chi connectivity index (χ4n) is 1.72. The number of aromatic carboxylic acids is 1. The fourth-order valence-corrected chi connectivity index (χ4v) is 3.58. The van der Waals surface area contributed by atoms with Gasteiger partial charge in [-0.2, -0.15) is 5.26 Å². The number of thiophene rings is 1. The number of hydrogen-bond donors (Lipinski definition) is 2. The number of nitrogen functional groups attached to an aromatic ring is 1. The number of rotatable bonds is 2. The lowest BCUT2D eigenvalue weighted by Crippen LogP contribution is -1.98. The normalized spacial score (nSPS) is 10.5. The van der Waals surface area contributed by atoms with Gasteiger partial charge in [0.2, 0.25) is 0 Å². The third-order valence-corrected chi connectivity index (χ3v) is 4.43. The van der Waals surface area contributed by atoms with Crippen LogP contribution in [-0.4, -0.2) is 22.3 Å². The number of nitriles is 1. The summed E-state index contributed by atoms with van der Waals surface area (Å²) in [6.45, 7) is 1.73. The molecule has 18 heavy (non-hydrogen) atoms. The van der Waals surface area contributed by atoms with Crippen LogP contribution in [0.3, 0.4) is 0 Å². The Morgan fingerprint density at radius 1 is 1.61 bits per heavy atom. The number of carbonyl (C=O) groups is 1. The van der Waals surface area contributed by atoms with Gasteiger partial charge in [-0.3, -0.25) is 0 Å². The molecule has 2 aromatic heterocycles. The molecule has 5 nitrogen and oxygen atoms in total. The van der Waals surface area contributed by atoms with E-state index in [2.05, 4.69) is 11.1 Å². The minimum atomic E-state index is -1.07. The van der Waals surface area contributed by atoms with Crippen LogP contribution >= 0.6 is 23.1 Å². The molecule has 2 rings (SSSR count). The summed E-state index contributed by atoms with van der Waals surface area (Å²) < 4.78 is 0. The van der Waals surface area contributed by atoms with Crippen molar-refractivity contribution >= 4 is 45.0 Å². The predicted molar refractivity (Wildman–Crippen MR) is 72.2 cm³/mol. The van der Waals surface area contributed by atoms with Gasteiger partial charge in [-0.1, -0.05) is 0 Å². The number of carboxylic acids is 1. The Morgan fingerprint density at radius 3 is 2.78 bits per heavy atom. The summed E-state index contributed by atoms with van der Waals surface area (Å²) in [4.78, 5) is 16.6. The van der Waals surface area contributed by atoms with Crippen LogP contribution < -0.4 is 5.73 Å². The highest BCUT2D eigenvalue weighted by molar-refractivity contribution is 7.99. The maximum Gasteiger partial charge on any atom is 0.348 e. The van der Waals surface area contributed by atoms with E-state index in [1.807, 2.05) is 6.26 Å². The lowest BCUT2D eigenvalue weighted by Gasteiger charge is -2.05. The van der Waals surface area contributed by atoms with Crippen LogP contribution in [0, 0.1) is 18.3 Å². The largest absolute Gasteiger partial charge is 0.477 e. The first-order valence-electron chi connectivity index (χ1n) is 4.91. The van der Waals surface area contributed by atoms with E-state index in [-0.39, 0.29) is 10.6 Å². The molecule has 0 atom stereocenters. The van der Waals surface area contributed by atoms with E-state index < -0.39 is 5.97 Å². The number of aromatic nitrogens is 1. The molecule has 0 amide bonds. The van der Waals surface area contributed by atoms with Crippen LogP contribution in [0.2, 0.25) is 0 Å². The fraction of sp³-hybridized carbons (Fsp3) is 0.182. The van der Waals surface area contributed by atoms with E-state index in [0.29, 0.717) is 26.4 Å². The quantitative estimate of drug-likeness (QED) is 0.819. The lowest BCUT2D eigenvalue weighted by atomic mass is 10.1. The molecule has 92 valence electrons. The molecule has 2 heterocycles. The summed E-state index contributed by atoms with van der Waals surface area (Å²) in [5, 5.41) is 18.8. The second-order valence-electron chi connectivity index (χ2n) is 3.55. The molecule has 7 heteroatoms. The maximum absolute atomic E-state index is 11.1. The van der Waals surface area contributed by atoms with E-state index in [1.165, 1.54) is 11.8 Å². The number of nitrogens with zero attached hydrogens (tertiary/aromatic N) is 2. The van der Waals surface area contributed by atoms with Gasteiger partial charge in [-0.05, 0) is 13.2 Å². The molecule has 0 fully saturated rings. The summed E-state index contributed by atoms with van der Waals surface area (Å²) in [7, 11) is 0. The zero-order valence-electron chi connectivity index (χ0n) is 9.64. The van der Waals surface area contributed by atoms with Crippen molar-refractivity contribution in [2.45, 2.75) is 11.8 Å². The zero-order chi connectivity index (χ0) is 13.4. The van der Waals surface area contributed by atoms with Gasteiger partial charge in [0.1, 0.15) is 15.8 Å². The number of fused-ring (bicyclic) bond motifs is 1. The van der Waals surface area contributed by atoms with Gasteiger partial charge >= 0.3 is 5.97 Å². The van der Waals surface area contributed by atoms with E-state index in [9.17, 15) is 4.79 Å². The van der Waals surface area contributed by atoms with Gasteiger partial charge in [0, 0.05) is 4.90 Å². The molecule has 0 aromatic carbocycles. The van der Waals surface area contributed by atoms with Gasteiger partial charge in [0.25, 0.3) is 0 Å². The molecule has 0 spiro atoms. The van der Waals surface area contributed by atoms with Crippen molar-refractivity contribution in [2.24, 2.45) is 0 Å². The first kappa shape index (κ1) is 12.7. The molecule has 0 radical (unpaired) electrons. The van der Waals surface area contributed by atoms with Gasteiger partial charge < -0.3 is 10.8 Å². The van der Waals surface area contributed by atoms with E-state index in [0.717, 1.165) is 11.3 Å². The molecule has 0 saturated heterocycles. The number of aryl methyl sites for hydroxylation is 1. The van der Waals surface area contributed by atoms with E-state index in [1.54, 1.807) is 6.92 Å². The number of hydrogen-bond acceptors (Lipinski definition) is 6. The second kappa shape index (κ2) is 4.48. The minimum absolute atomic E-state index is 0.0716. The molecule has 0 bridgehead atoms. The Labute approximate surface area is 111 Å². The summed E-state index contributed by atoms with van der Waals surface area (Å²) in [6.07, 6.45) is 1.83. The zero-order valence-corrected chi connectivity index (χ0v) is 11.3. The predicted octanol–water partition coefficient (Wildman–Crippen LogP) is 2.48. The van der Waals surface area contributed by atoms with Crippen LogP contribution in [-0.2, 0) is 0 Å². The van der Waals surface area contributed by atoms with E-state index >= 15 is 0 Å². The van der Waals surface area contributed by atoms with Gasteiger partial charge in [-0.15, -0.1) is 23.1 Å². The third-order valence-electron chi connectivity index (χ3n) is 2.52. The van der Waals surface area contributed by atoms with Crippen molar-refractivity contribution in [3.8, 4) is 6.07 Å². The number of nitrogens with two attached hydrogens (primary N) is 1. The highest BCUT2D eigenvalue weighted by atomic mass is 32.2. The number of pyridine rings is 1. The number of thioether (sulfide) groups is 1. The Bertz CT molecular complexity index is 701. The van der Waals surface area contributed by atoms with Crippen LogP contribution in [0.25, 0.3) is 10.2 Å². The minimum Gasteiger partial charge on any atom is -0.477 e. The number of carboxylic acid groups (broad SMARTS) is 1. The molecule has 2 aromatic rings. The Kier molecular flexibility index (Phi) is 3.15. The van der Waals surface area contributed by atoms with Crippen molar-refractivity contribution in [1.82, 2.24) is 4.98 Å². The lowest BCUT2D eigenvalue weighted by molar-refractivity contribution is 0.0703. The molecule has 0 aliphatic rings. The van der Waals surface area contributed by atoms with Crippen LogP contribution in [0.1, 0.15) is 20.9 Å². The highest BCUT2D eigenvalue weighted by Crippen LogP contribution is 2.40. The Morgan fingerprint density at radius 2 is 2.28 bits per heavy atom. The van der Waals surface area contributed by atoms with Gasteiger partial charge in [0.05, 0.1) is 22.3 Å². The SMILES string of the molecule is CSc1c(C#N)c(C)nc2sc(C(=O)O)c(N)c12. The van der Waals surface area contributed by atoms with Crippen molar-refractivity contribution in [1.29, 1.82) is 5.26 Å². The van der Waals surface area contributed by atoms with Crippen molar-refractivity contribution in [2.75, 3.05) is 12.0 Å². The average molecular weight is 279 g/mol. The van der Waals surface area contributed by atoms with Crippen LogP contribution in [0.4, 0.5) is 5.69 Å². The molecule has 3 N–H and O–H groups in total.